The molecule has 0 radical (unpaired) electrons. The first-order valence-electron chi connectivity index (χ1n) is 10.4. The number of anilines is 1. The molecule has 1 fully saturated rings. The van der Waals surface area contributed by atoms with Gasteiger partial charge in [-0.2, -0.15) is 0 Å². The molecule has 1 aliphatic heterocycles. The third-order valence-corrected chi connectivity index (χ3v) is 6.63. The molecular weight excluding hydrogens is 439 g/mol. The van der Waals surface area contributed by atoms with Crippen molar-refractivity contribution >= 4 is 21.6 Å². The Balaban J connectivity index is 0.00000363. The molecule has 32 heavy (non-hydrogen) atoms. The van der Waals surface area contributed by atoms with Gasteiger partial charge in [-0.3, -0.25) is 4.79 Å². The Morgan fingerprint density at radius 3 is 2.38 bits per heavy atom. The molecule has 7 nitrogen and oxygen atoms in total. The maximum Gasteiger partial charge on any atom is 1.00 e. The monoisotopic (exact) mass is 468 g/mol. The van der Waals surface area contributed by atoms with Crippen LogP contribution in [-0.4, -0.2) is 70.1 Å². The average molecular weight is 469 g/mol. The van der Waals surface area contributed by atoms with Crippen molar-refractivity contribution in [2.75, 3.05) is 45.3 Å². The fraction of sp³-hybridized carbons (Fsp3) is 0.435. The van der Waals surface area contributed by atoms with Gasteiger partial charge < -0.3 is 19.1 Å². The minimum atomic E-state index is -4.55. The number of ketones is 1. The molecule has 1 atom stereocenters. The number of likely N-dealkylation sites (N-methyl/N-ethyl adjacent to an activating group) is 1. The number of hydrogen-bond acceptors (Lipinski definition) is 7. The van der Waals surface area contributed by atoms with Crippen LogP contribution in [0.3, 0.4) is 0 Å². The van der Waals surface area contributed by atoms with Gasteiger partial charge in [0.25, 0.3) is 0 Å². The summed E-state index contributed by atoms with van der Waals surface area (Å²) in [6, 6.07) is 13.8. The van der Waals surface area contributed by atoms with Crippen LogP contribution < -0.4 is 34.5 Å². The quantitative estimate of drug-likeness (QED) is 0.280. The van der Waals surface area contributed by atoms with Gasteiger partial charge in [0.05, 0.1) is 18.1 Å². The van der Waals surface area contributed by atoms with Gasteiger partial charge >= 0.3 is 29.6 Å². The number of carbonyl (C=O) groups is 1. The molecule has 2 aromatic carbocycles. The predicted octanol–water partition coefficient (Wildman–Crippen LogP) is -0.433. The molecule has 168 valence electrons. The molecule has 1 unspecified atom stereocenters. The molecule has 0 N–H and O–H groups in total. The van der Waals surface area contributed by atoms with E-state index in [0.29, 0.717) is 43.6 Å². The molecule has 0 aromatic heterocycles. The molecule has 2 aromatic rings. The Bertz CT molecular complexity index is 1010. The molecule has 3 rings (SSSR count). The molecule has 1 saturated heterocycles. The second kappa shape index (κ2) is 12.3. The van der Waals surface area contributed by atoms with Gasteiger partial charge in [0.15, 0.2) is 5.78 Å². The number of benzene rings is 2. The van der Waals surface area contributed by atoms with E-state index in [-0.39, 0.29) is 46.3 Å². The van der Waals surface area contributed by atoms with Gasteiger partial charge in [0.2, 0.25) is 0 Å². The van der Waals surface area contributed by atoms with E-state index in [1.807, 2.05) is 43.3 Å². The van der Waals surface area contributed by atoms with Crippen molar-refractivity contribution in [1.82, 2.24) is 4.90 Å². The first kappa shape index (κ1) is 27.0. The standard InChI is InChI=1S/C23H30N2O5S.Na/c1-24(2)19(17-18-7-3-6-10-23(18)31(27,28)29)11-12-22(26)20-8-4-5-9-21(20)25-13-15-30-16-14-25;/h3-10,19H,11-17H2,1-2H3,(H,27,28,29);/q;+1/p-1. The van der Waals surface area contributed by atoms with Gasteiger partial charge in [0, 0.05) is 36.8 Å². The van der Waals surface area contributed by atoms with Crippen LogP contribution in [0, 0.1) is 0 Å². The Kier molecular flexibility index (Phi) is 10.4. The SMILES string of the molecule is CN(C)C(CCC(=O)c1ccccc1N1CCOCC1)Cc1ccccc1S(=O)(=O)[O-].[Na+]. The molecule has 0 aliphatic carbocycles. The molecule has 0 amide bonds. The number of morpholine rings is 1. The number of hydrogen-bond donors (Lipinski definition) is 0. The van der Waals surface area contributed by atoms with Crippen LogP contribution in [0.15, 0.2) is 53.4 Å². The summed E-state index contributed by atoms with van der Waals surface area (Å²) in [5, 5.41) is 0. The minimum Gasteiger partial charge on any atom is -0.744 e. The van der Waals surface area contributed by atoms with E-state index in [0.717, 1.165) is 18.8 Å². The summed E-state index contributed by atoms with van der Waals surface area (Å²) in [5.41, 5.74) is 2.11. The van der Waals surface area contributed by atoms with Crippen molar-refractivity contribution in [3.8, 4) is 0 Å². The first-order chi connectivity index (χ1) is 14.8. The zero-order chi connectivity index (χ0) is 22.4. The number of Topliss-reactive ketones (excluding diaryl/α,β-unsaturated/α-hetero) is 1. The number of ether oxygens (including phenoxy) is 1. The van der Waals surface area contributed by atoms with E-state index in [2.05, 4.69) is 4.90 Å². The zero-order valence-electron chi connectivity index (χ0n) is 19.0. The van der Waals surface area contributed by atoms with Crippen LogP contribution in [-0.2, 0) is 21.3 Å². The molecule has 9 heteroatoms. The van der Waals surface area contributed by atoms with E-state index < -0.39 is 10.1 Å². The topological polar surface area (TPSA) is 90.0 Å². The largest absolute Gasteiger partial charge is 1.00 e. The molecule has 0 bridgehead atoms. The van der Waals surface area contributed by atoms with Crippen molar-refractivity contribution in [3.05, 3.63) is 59.7 Å². The van der Waals surface area contributed by atoms with Crippen molar-refractivity contribution in [2.24, 2.45) is 0 Å². The summed E-state index contributed by atoms with van der Waals surface area (Å²) < 4.78 is 40.2. The molecule has 1 heterocycles. The van der Waals surface area contributed by atoms with Gasteiger partial charge in [-0.1, -0.05) is 30.3 Å². The van der Waals surface area contributed by atoms with Crippen LogP contribution in [0.1, 0.15) is 28.8 Å². The fourth-order valence-corrected chi connectivity index (χ4v) is 4.65. The Hall–Kier alpha value is -1.26. The third kappa shape index (κ3) is 7.12. The molecule has 0 spiro atoms. The van der Waals surface area contributed by atoms with Crippen LogP contribution in [0.5, 0.6) is 0 Å². The molecule has 1 aliphatic rings. The maximum atomic E-state index is 13.1. The number of rotatable bonds is 9. The summed E-state index contributed by atoms with van der Waals surface area (Å²) in [5.74, 6) is 0.0543. The summed E-state index contributed by atoms with van der Waals surface area (Å²) in [7, 11) is -0.760. The van der Waals surface area contributed by atoms with Crippen LogP contribution in [0.2, 0.25) is 0 Å². The second-order valence-corrected chi connectivity index (χ2v) is 9.31. The van der Waals surface area contributed by atoms with E-state index >= 15 is 0 Å². The number of nitrogens with zero attached hydrogens (tertiary/aromatic N) is 2. The third-order valence-electron chi connectivity index (χ3n) is 5.69. The minimum absolute atomic E-state index is 0. The Labute approximate surface area is 212 Å². The second-order valence-electron chi connectivity index (χ2n) is 7.96. The van der Waals surface area contributed by atoms with E-state index in [1.165, 1.54) is 6.07 Å². The summed E-state index contributed by atoms with van der Waals surface area (Å²) >= 11 is 0. The van der Waals surface area contributed by atoms with E-state index in [1.54, 1.807) is 18.2 Å². The van der Waals surface area contributed by atoms with Gasteiger partial charge in [0.1, 0.15) is 10.1 Å². The van der Waals surface area contributed by atoms with Crippen molar-refractivity contribution in [1.29, 1.82) is 0 Å². The first-order valence-corrected chi connectivity index (χ1v) is 11.8. The maximum absolute atomic E-state index is 13.1. The van der Waals surface area contributed by atoms with Crippen LogP contribution >= 0.6 is 0 Å². The molecular formula is C23H29N2NaO5S. The molecule has 0 saturated carbocycles. The summed E-state index contributed by atoms with van der Waals surface area (Å²) in [4.78, 5) is 17.0. The zero-order valence-corrected chi connectivity index (χ0v) is 21.8. The average Bonchev–Trinajstić information content (AvgIpc) is 2.76. The van der Waals surface area contributed by atoms with Crippen molar-refractivity contribution < 1.29 is 52.1 Å². The normalized spacial score (nSPS) is 15.3. The predicted molar refractivity (Wildman–Crippen MR) is 119 cm³/mol. The Morgan fingerprint density at radius 1 is 1.09 bits per heavy atom. The summed E-state index contributed by atoms with van der Waals surface area (Å²) in [6.07, 6.45) is 1.26. The van der Waals surface area contributed by atoms with Crippen molar-refractivity contribution in [3.63, 3.8) is 0 Å². The van der Waals surface area contributed by atoms with Gasteiger partial charge in [-0.15, -0.1) is 0 Å². The fourth-order valence-electron chi connectivity index (χ4n) is 3.93. The van der Waals surface area contributed by atoms with E-state index in [4.69, 9.17) is 4.74 Å². The van der Waals surface area contributed by atoms with Crippen LogP contribution in [0.25, 0.3) is 0 Å². The van der Waals surface area contributed by atoms with Crippen molar-refractivity contribution in [2.45, 2.75) is 30.2 Å². The van der Waals surface area contributed by atoms with Crippen LogP contribution in [0.4, 0.5) is 5.69 Å². The summed E-state index contributed by atoms with van der Waals surface area (Å²) in [6.45, 7) is 2.80. The smallest absolute Gasteiger partial charge is 0.744 e. The number of carbonyl (C=O) groups excluding carboxylic acids is 1. The number of para-hydroxylation sites is 1. The Morgan fingerprint density at radius 2 is 1.72 bits per heavy atom. The van der Waals surface area contributed by atoms with E-state index in [9.17, 15) is 17.8 Å². The van der Waals surface area contributed by atoms with Gasteiger partial charge in [-0.05, 0) is 50.7 Å². The van der Waals surface area contributed by atoms with Gasteiger partial charge in [-0.25, -0.2) is 8.42 Å².